The molecule has 0 amide bonds. The van der Waals surface area contributed by atoms with Crippen LogP contribution in [0.2, 0.25) is 0 Å². The SMILES string of the molecule is CCCCCCCCCC1OC23CCC(CCC)CC2C(C#N)(C(=N)O3)C1(C#N)C#N. The number of hydrogen-bond donors (Lipinski definition) is 1. The Balaban J connectivity index is 1.85. The number of hydrogen-bond acceptors (Lipinski definition) is 6. The molecule has 5 atom stereocenters. The van der Waals surface area contributed by atoms with Crippen LogP contribution in [0.5, 0.6) is 0 Å². The molecule has 3 rings (SSSR count). The van der Waals surface area contributed by atoms with Crippen molar-refractivity contribution in [1.82, 2.24) is 0 Å². The van der Waals surface area contributed by atoms with E-state index in [1.54, 1.807) is 0 Å². The van der Waals surface area contributed by atoms with Crippen LogP contribution in [-0.2, 0) is 9.47 Å². The van der Waals surface area contributed by atoms with Gasteiger partial charge in [0.25, 0.3) is 0 Å². The second-order valence-electron chi connectivity index (χ2n) is 9.69. The van der Waals surface area contributed by atoms with Crippen LogP contribution >= 0.6 is 0 Å². The molecule has 0 aromatic heterocycles. The minimum atomic E-state index is -1.71. The van der Waals surface area contributed by atoms with Gasteiger partial charge in [0.05, 0.1) is 30.2 Å². The van der Waals surface area contributed by atoms with Crippen LogP contribution < -0.4 is 0 Å². The third-order valence-electron chi connectivity index (χ3n) is 7.90. The van der Waals surface area contributed by atoms with Crippen LogP contribution in [0.25, 0.3) is 0 Å². The zero-order valence-electron chi connectivity index (χ0n) is 19.1. The highest BCUT2D eigenvalue weighted by atomic mass is 16.7. The van der Waals surface area contributed by atoms with Gasteiger partial charge in [-0.3, -0.25) is 5.41 Å². The lowest BCUT2D eigenvalue weighted by Gasteiger charge is -2.52. The first kappa shape index (κ1) is 23.6. The summed E-state index contributed by atoms with van der Waals surface area (Å²) >= 11 is 0. The predicted molar refractivity (Wildman–Crippen MR) is 116 cm³/mol. The largest absolute Gasteiger partial charge is 0.447 e. The average molecular weight is 425 g/mol. The van der Waals surface area contributed by atoms with Crippen molar-refractivity contribution in [2.24, 2.45) is 22.7 Å². The summed E-state index contributed by atoms with van der Waals surface area (Å²) < 4.78 is 12.5. The molecule has 5 unspecified atom stereocenters. The highest BCUT2D eigenvalue weighted by molar-refractivity contribution is 5.89. The Morgan fingerprint density at radius 1 is 0.935 bits per heavy atom. The van der Waals surface area contributed by atoms with Crippen molar-refractivity contribution in [3.63, 3.8) is 0 Å². The molecule has 6 nitrogen and oxygen atoms in total. The molecule has 1 saturated carbocycles. The summed E-state index contributed by atoms with van der Waals surface area (Å²) in [5.41, 5.74) is -3.26. The monoisotopic (exact) mass is 424 g/mol. The topological polar surface area (TPSA) is 114 Å². The second-order valence-corrected chi connectivity index (χ2v) is 9.69. The molecule has 3 aliphatic rings. The van der Waals surface area contributed by atoms with Crippen molar-refractivity contribution in [3.05, 3.63) is 0 Å². The molecule has 3 fully saturated rings. The van der Waals surface area contributed by atoms with Crippen molar-refractivity contribution in [3.8, 4) is 18.2 Å². The first-order valence-corrected chi connectivity index (χ1v) is 12.2. The van der Waals surface area contributed by atoms with Gasteiger partial charge in [-0.2, -0.15) is 15.8 Å². The molecule has 0 aromatic carbocycles. The summed E-state index contributed by atoms with van der Waals surface area (Å²) in [6.45, 7) is 4.34. The van der Waals surface area contributed by atoms with E-state index in [9.17, 15) is 15.8 Å². The van der Waals surface area contributed by atoms with Gasteiger partial charge >= 0.3 is 0 Å². The quantitative estimate of drug-likeness (QED) is 0.433. The average Bonchev–Trinajstić information content (AvgIpc) is 2.97. The van der Waals surface area contributed by atoms with E-state index in [0.717, 1.165) is 38.5 Å². The molecule has 168 valence electrons. The normalized spacial score (nSPS) is 35.3. The Morgan fingerprint density at radius 3 is 2.23 bits per heavy atom. The van der Waals surface area contributed by atoms with Crippen molar-refractivity contribution in [1.29, 1.82) is 21.2 Å². The number of unbranched alkanes of at least 4 members (excludes halogenated alkanes) is 6. The molecule has 2 saturated heterocycles. The van der Waals surface area contributed by atoms with Crippen molar-refractivity contribution in [2.45, 2.75) is 109 Å². The number of rotatable bonds is 10. The van der Waals surface area contributed by atoms with Crippen molar-refractivity contribution < 1.29 is 9.47 Å². The van der Waals surface area contributed by atoms with Gasteiger partial charge in [-0.1, -0.05) is 71.6 Å². The molecule has 1 aliphatic carbocycles. The van der Waals surface area contributed by atoms with Gasteiger partial charge in [0.2, 0.25) is 11.7 Å². The van der Waals surface area contributed by atoms with Crippen molar-refractivity contribution >= 4 is 5.90 Å². The molecule has 2 aliphatic heterocycles. The predicted octanol–water partition coefficient (Wildman–Crippen LogP) is 5.99. The first-order valence-electron chi connectivity index (χ1n) is 12.2. The van der Waals surface area contributed by atoms with Gasteiger partial charge in [0, 0.05) is 6.42 Å². The van der Waals surface area contributed by atoms with E-state index in [0.29, 0.717) is 25.2 Å². The van der Waals surface area contributed by atoms with Crippen LogP contribution in [0.4, 0.5) is 0 Å². The Hall–Kier alpha value is -2.10. The van der Waals surface area contributed by atoms with E-state index < -0.39 is 28.6 Å². The molecule has 31 heavy (non-hydrogen) atoms. The maximum absolute atomic E-state index is 10.4. The van der Waals surface area contributed by atoms with E-state index in [1.165, 1.54) is 25.7 Å². The van der Waals surface area contributed by atoms with Crippen LogP contribution in [0.15, 0.2) is 0 Å². The van der Waals surface area contributed by atoms with E-state index >= 15 is 0 Å². The van der Waals surface area contributed by atoms with Gasteiger partial charge < -0.3 is 9.47 Å². The molecular formula is C25H36N4O2. The maximum Gasteiger partial charge on any atom is 0.217 e. The highest BCUT2D eigenvalue weighted by Crippen LogP contribution is 2.67. The third kappa shape index (κ3) is 3.62. The van der Waals surface area contributed by atoms with Crippen LogP contribution in [0.1, 0.15) is 97.3 Å². The number of nitrogens with one attached hydrogen (secondary N) is 1. The molecule has 6 heteroatoms. The first-order chi connectivity index (χ1) is 15.0. The number of nitriles is 3. The Labute approximate surface area is 187 Å². The molecule has 2 bridgehead atoms. The Morgan fingerprint density at radius 2 is 1.61 bits per heavy atom. The molecular weight excluding hydrogens is 388 g/mol. The molecule has 0 aromatic rings. The summed E-state index contributed by atoms with van der Waals surface area (Å²) in [6, 6.07) is 6.65. The van der Waals surface area contributed by atoms with Gasteiger partial charge in [-0.15, -0.1) is 0 Å². The van der Waals surface area contributed by atoms with Gasteiger partial charge in [-0.25, -0.2) is 0 Å². The lowest BCUT2D eigenvalue weighted by atomic mass is 9.50. The Bertz CT molecular complexity index is 777. The minimum Gasteiger partial charge on any atom is -0.447 e. The maximum atomic E-state index is 10.4. The second kappa shape index (κ2) is 9.58. The van der Waals surface area contributed by atoms with E-state index in [2.05, 4.69) is 32.1 Å². The zero-order chi connectivity index (χ0) is 22.5. The van der Waals surface area contributed by atoms with Gasteiger partial charge in [-0.05, 0) is 25.2 Å². The lowest BCUT2D eigenvalue weighted by Crippen LogP contribution is -2.64. The molecule has 0 spiro atoms. The summed E-state index contributed by atoms with van der Waals surface area (Å²) in [4.78, 5) is 0. The Kier molecular flexibility index (Phi) is 7.28. The fourth-order valence-corrected chi connectivity index (χ4v) is 6.25. The smallest absolute Gasteiger partial charge is 0.217 e. The summed E-state index contributed by atoms with van der Waals surface area (Å²) in [5, 5.41) is 39.5. The van der Waals surface area contributed by atoms with Gasteiger partial charge in [0.1, 0.15) is 0 Å². The van der Waals surface area contributed by atoms with Crippen LogP contribution in [0, 0.1) is 62.1 Å². The fraction of sp³-hybridized carbons (Fsp3) is 0.840. The fourth-order valence-electron chi connectivity index (χ4n) is 6.25. The van der Waals surface area contributed by atoms with Crippen LogP contribution in [0.3, 0.4) is 0 Å². The van der Waals surface area contributed by atoms with Crippen molar-refractivity contribution in [2.75, 3.05) is 0 Å². The van der Waals surface area contributed by atoms with E-state index in [1.807, 2.05) is 0 Å². The lowest BCUT2D eigenvalue weighted by molar-refractivity contribution is -0.297. The molecule has 1 N–H and O–H groups in total. The minimum absolute atomic E-state index is 0.234. The standard InChI is InChI=1S/C25H36N4O2/c1-3-5-6-7-8-9-10-12-21-23(16-26,17-27)24(18-28)20-15-19(11-4-2)13-14-25(20,30-21)31-22(24)29/h19-21,29H,3-15H2,1-2H3. The highest BCUT2D eigenvalue weighted by Gasteiger charge is 2.80. The number of nitrogens with zero attached hydrogens (tertiary/aromatic N) is 3. The molecule has 2 heterocycles. The summed E-state index contributed by atoms with van der Waals surface area (Å²) in [5.74, 6) is -1.29. The summed E-state index contributed by atoms with van der Waals surface area (Å²) in [6.07, 6.45) is 12.0. The summed E-state index contributed by atoms with van der Waals surface area (Å²) in [7, 11) is 0. The van der Waals surface area contributed by atoms with E-state index in [4.69, 9.17) is 14.9 Å². The van der Waals surface area contributed by atoms with E-state index in [-0.39, 0.29) is 5.90 Å². The number of ether oxygens (including phenoxy) is 2. The van der Waals surface area contributed by atoms with Crippen LogP contribution in [-0.4, -0.2) is 17.8 Å². The van der Waals surface area contributed by atoms with Gasteiger partial charge in [0.15, 0.2) is 10.8 Å². The third-order valence-corrected chi connectivity index (χ3v) is 7.90. The molecule has 0 radical (unpaired) electrons. The zero-order valence-corrected chi connectivity index (χ0v) is 19.1.